The summed E-state index contributed by atoms with van der Waals surface area (Å²) in [6.07, 6.45) is -2.70. The summed E-state index contributed by atoms with van der Waals surface area (Å²) in [6, 6.07) is 0. The van der Waals surface area contributed by atoms with E-state index in [2.05, 4.69) is 0 Å². The molecule has 4 heteroatoms. The summed E-state index contributed by atoms with van der Waals surface area (Å²) < 4.78 is 46.3. The molecule has 66 valence electrons. The Kier molecular flexibility index (Phi) is 4.15. The third-order valence-electron chi connectivity index (χ3n) is 1.15. The lowest BCUT2D eigenvalue weighted by molar-refractivity contribution is -0.109. The van der Waals surface area contributed by atoms with Crippen molar-refractivity contribution in [1.82, 2.24) is 0 Å². The molecule has 0 spiro atoms. The van der Waals surface area contributed by atoms with Crippen molar-refractivity contribution in [3.05, 3.63) is 11.9 Å². The quantitative estimate of drug-likeness (QED) is 0.448. The maximum Gasteiger partial charge on any atom is 0.442 e. The second kappa shape index (κ2) is 4.36. The van der Waals surface area contributed by atoms with E-state index in [1.54, 1.807) is 0 Å². The van der Waals surface area contributed by atoms with E-state index >= 15 is 0 Å². The SMILES string of the molecule is CCCCC=C(F)C(F)(F)F. The summed E-state index contributed by atoms with van der Waals surface area (Å²) >= 11 is 0. The van der Waals surface area contributed by atoms with Gasteiger partial charge < -0.3 is 0 Å². The van der Waals surface area contributed by atoms with Crippen molar-refractivity contribution in [1.29, 1.82) is 0 Å². The van der Waals surface area contributed by atoms with E-state index in [9.17, 15) is 17.6 Å². The molecule has 0 nitrogen and oxygen atoms in total. The molecule has 0 bridgehead atoms. The molecule has 0 rings (SSSR count). The van der Waals surface area contributed by atoms with Gasteiger partial charge in [-0.15, -0.1) is 0 Å². The fourth-order valence-corrected chi connectivity index (χ4v) is 0.549. The highest BCUT2D eigenvalue weighted by Gasteiger charge is 2.33. The molecule has 0 aromatic carbocycles. The first kappa shape index (κ1) is 10.5. The lowest BCUT2D eigenvalue weighted by atomic mass is 10.2. The zero-order valence-electron chi connectivity index (χ0n) is 6.21. The number of hydrogen-bond acceptors (Lipinski definition) is 0. The fourth-order valence-electron chi connectivity index (χ4n) is 0.549. The van der Waals surface area contributed by atoms with Crippen molar-refractivity contribution in [3.8, 4) is 0 Å². The molecule has 0 radical (unpaired) electrons. The maximum atomic E-state index is 12.0. The lowest BCUT2D eigenvalue weighted by Gasteiger charge is -2.01. The van der Waals surface area contributed by atoms with Crippen molar-refractivity contribution < 1.29 is 17.6 Å². The molecule has 0 heterocycles. The maximum absolute atomic E-state index is 12.0. The van der Waals surface area contributed by atoms with Gasteiger partial charge in [0.15, 0.2) is 5.83 Å². The minimum atomic E-state index is -4.80. The van der Waals surface area contributed by atoms with E-state index in [0.29, 0.717) is 12.5 Å². The third kappa shape index (κ3) is 4.81. The predicted molar refractivity (Wildman–Crippen MR) is 34.8 cm³/mol. The molecule has 0 N–H and O–H groups in total. The Morgan fingerprint density at radius 1 is 1.36 bits per heavy atom. The molecule has 11 heavy (non-hydrogen) atoms. The lowest BCUT2D eigenvalue weighted by Crippen LogP contribution is -2.07. The van der Waals surface area contributed by atoms with Gasteiger partial charge in [-0.3, -0.25) is 0 Å². The number of unbranched alkanes of at least 4 members (excludes halogenated alkanes) is 2. The van der Waals surface area contributed by atoms with Crippen molar-refractivity contribution in [2.45, 2.75) is 32.4 Å². The molecule has 0 aliphatic heterocycles. The molecule has 0 aromatic heterocycles. The molecule has 0 amide bonds. The number of alkyl halides is 3. The van der Waals surface area contributed by atoms with E-state index in [4.69, 9.17) is 0 Å². The first-order chi connectivity index (χ1) is 4.98. The summed E-state index contributed by atoms with van der Waals surface area (Å²) in [5.41, 5.74) is 0. The van der Waals surface area contributed by atoms with Crippen LogP contribution in [0.2, 0.25) is 0 Å². The number of halogens is 4. The summed E-state index contributed by atoms with van der Waals surface area (Å²) in [6.45, 7) is 1.83. The summed E-state index contributed by atoms with van der Waals surface area (Å²) in [4.78, 5) is 0. The second-order valence-corrected chi connectivity index (χ2v) is 2.19. The normalized spacial score (nSPS) is 13.7. The fraction of sp³-hybridized carbons (Fsp3) is 0.714. The van der Waals surface area contributed by atoms with Crippen LogP contribution in [0.3, 0.4) is 0 Å². The topological polar surface area (TPSA) is 0 Å². The molecule has 0 aromatic rings. The third-order valence-corrected chi connectivity index (χ3v) is 1.15. The highest BCUT2D eigenvalue weighted by molar-refractivity contribution is 4.98. The van der Waals surface area contributed by atoms with Gasteiger partial charge in [0.25, 0.3) is 0 Å². The van der Waals surface area contributed by atoms with Gasteiger partial charge in [-0.1, -0.05) is 13.3 Å². The zero-order chi connectivity index (χ0) is 8.91. The van der Waals surface area contributed by atoms with Crippen molar-refractivity contribution in [3.63, 3.8) is 0 Å². The van der Waals surface area contributed by atoms with Crippen LogP contribution in [0.15, 0.2) is 11.9 Å². The Bertz CT molecular complexity index is 134. The van der Waals surface area contributed by atoms with Gasteiger partial charge in [0.1, 0.15) is 0 Å². The van der Waals surface area contributed by atoms with Crippen LogP contribution >= 0.6 is 0 Å². The molecule has 0 atom stereocenters. The van der Waals surface area contributed by atoms with Gasteiger partial charge in [0, 0.05) is 0 Å². The van der Waals surface area contributed by atoms with E-state index < -0.39 is 12.0 Å². The van der Waals surface area contributed by atoms with Gasteiger partial charge in [-0.05, 0) is 18.9 Å². The highest BCUT2D eigenvalue weighted by atomic mass is 19.4. The average Bonchev–Trinajstić information content (AvgIpc) is 1.86. The summed E-state index contributed by atoms with van der Waals surface area (Å²) in [7, 11) is 0. The Balaban J connectivity index is 3.81. The summed E-state index contributed by atoms with van der Waals surface area (Å²) in [5.74, 6) is -1.98. The second-order valence-electron chi connectivity index (χ2n) is 2.19. The van der Waals surface area contributed by atoms with Gasteiger partial charge in [-0.25, -0.2) is 4.39 Å². The molecule has 0 fully saturated rings. The minimum absolute atomic E-state index is 0.155. The van der Waals surface area contributed by atoms with Gasteiger partial charge >= 0.3 is 6.18 Å². The minimum Gasteiger partial charge on any atom is -0.202 e. The van der Waals surface area contributed by atoms with Crippen molar-refractivity contribution in [2.24, 2.45) is 0 Å². The number of rotatable bonds is 3. The molecular formula is C7H10F4. The molecule has 0 aliphatic rings. The van der Waals surface area contributed by atoms with Crippen LogP contribution in [0.4, 0.5) is 17.6 Å². The number of allylic oxidation sites excluding steroid dienone is 2. The highest BCUT2D eigenvalue weighted by Crippen LogP contribution is 2.26. The Morgan fingerprint density at radius 2 is 1.91 bits per heavy atom. The van der Waals surface area contributed by atoms with Gasteiger partial charge in [0.2, 0.25) is 0 Å². The smallest absolute Gasteiger partial charge is 0.202 e. The predicted octanol–water partition coefficient (Wildman–Crippen LogP) is 3.59. The zero-order valence-corrected chi connectivity index (χ0v) is 6.21. The van der Waals surface area contributed by atoms with E-state index in [-0.39, 0.29) is 6.42 Å². The molecular weight excluding hydrogens is 160 g/mol. The molecule has 0 saturated heterocycles. The molecule has 0 unspecified atom stereocenters. The van der Waals surface area contributed by atoms with Crippen LogP contribution in [0.1, 0.15) is 26.2 Å². The summed E-state index contributed by atoms with van der Waals surface area (Å²) in [5, 5.41) is 0. The first-order valence-corrected chi connectivity index (χ1v) is 3.41. The monoisotopic (exact) mass is 170 g/mol. The van der Waals surface area contributed by atoms with Gasteiger partial charge in [-0.2, -0.15) is 13.2 Å². The Labute approximate surface area is 62.9 Å². The van der Waals surface area contributed by atoms with Crippen LogP contribution in [-0.4, -0.2) is 6.18 Å². The number of hydrogen-bond donors (Lipinski definition) is 0. The van der Waals surface area contributed by atoms with Crippen molar-refractivity contribution >= 4 is 0 Å². The van der Waals surface area contributed by atoms with E-state index in [0.717, 1.165) is 6.42 Å². The van der Waals surface area contributed by atoms with Crippen LogP contribution in [-0.2, 0) is 0 Å². The van der Waals surface area contributed by atoms with E-state index in [1.165, 1.54) is 0 Å². The van der Waals surface area contributed by atoms with Crippen LogP contribution in [0, 0.1) is 0 Å². The molecule has 0 aliphatic carbocycles. The largest absolute Gasteiger partial charge is 0.442 e. The van der Waals surface area contributed by atoms with Crippen LogP contribution in [0.5, 0.6) is 0 Å². The Hall–Kier alpha value is -0.540. The Morgan fingerprint density at radius 3 is 2.27 bits per heavy atom. The van der Waals surface area contributed by atoms with Crippen LogP contribution < -0.4 is 0 Å². The first-order valence-electron chi connectivity index (χ1n) is 3.41. The average molecular weight is 170 g/mol. The standard InChI is InChI=1S/C7H10F4/c1-2-3-4-5-6(8)7(9,10)11/h5H,2-4H2,1H3. The van der Waals surface area contributed by atoms with Crippen LogP contribution in [0.25, 0.3) is 0 Å². The van der Waals surface area contributed by atoms with Gasteiger partial charge in [0.05, 0.1) is 0 Å². The van der Waals surface area contributed by atoms with Crippen molar-refractivity contribution in [2.75, 3.05) is 0 Å². The molecule has 0 saturated carbocycles. The van der Waals surface area contributed by atoms with E-state index in [1.807, 2.05) is 6.92 Å².